The minimum Gasteiger partial charge on any atom is -0.452 e. The van der Waals surface area contributed by atoms with Gasteiger partial charge in [-0.05, 0) is 48.9 Å². The minimum atomic E-state index is -0.814. The van der Waals surface area contributed by atoms with Crippen molar-refractivity contribution in [1.82, 2.24) is 0 Å². The Kier molecular flexibility index (Phi) is 5.35. The van der Waals surface area contributed by atoms with Gasteiger partial charge in [-0.3, -0.25) is 9.59 Å². The lowest BCUT2D eigenvalue weighted by molar-refractivity contribution is -0.119. The largest absolute Gasteiger partial charge is 0.452 e. The first-order valence-corrected chi connectivity index (χ1v) is 8.36. The summed E-state index contributed by atoms with van der Waals surface area (Å²) in [7, 11) is 0. The van der Waals surface area contributed by atoms with E-state index in [0.29, 0.717) is 18.7 Å². The number of carbonyl (C=O) groups excluding carboxylic acids is 3. The van der Waals surface area contributed by atoms with Gasteiger partial charge in [0.1, 0.15) is 5.82 Å². The number of hydrogen-bond donors (Lipinski definition) is 2. The normalized spacial score (nSPS) is 13.5. The van der Waals surface area contributed by atoms with E-state index in [1.807, 2.05) is 0 Å². The van der Waals surface area contributed by atoms with Crippen LogP contribution >= 0.6 is 0 Å². The lowest BCUT2D eigenvalue weighted by Crippen LogP contribution is -2.24. The van der Waals surface area contributed by atoms with E-state index in [0.717, 1.165) is 24.2 Å². The van der Waals surface area contributed by atoms with Crippen LogP contribution in [0.5, 0.6) is 0 Å². The lowest BCUT2D eigenvalue weighted by Gasteiger charge is -2.16. The molecule has 1 fully saturated rings. The number of nitrogen functional groups attached to an aromatic ring is 1. The molecule has 1 saturated heterocycles. The second-order valence-corrected chi connectivity index (χ2v) is 6.05. The van der Waals surface area contributed by atoms with Gasteiger partial charge < -0.3 is 20.7 Å². The van der Waals surface area contributed by atoms with Gasteiger partial charge in [0.15, 0.2) is 6.61 Å². The Morgan fingerprint density at radius 1 is 1.19 bits per heavy atom. The van der Waals surface area contributed by atoms with Gasteiger partial charge in [0.2, 0.25) is 5.91 Å². The number of carbonyl (C=O) groups is 3. The number of anilines is 3. The number of benzene rings is 2. The maximum absolute atomic E-state index is 13.0. The number of nitrogens with zero attached hydrogens (tertiary/aromatic N) is 1. The Morgan fingerprint density at radius 3 is 2.56 bits per heavy atom. The highest BCUT2D eigenvalue weighted by Crippen LogP contribution is 2.23. The van der Waals surface area contributed by atoms with Crippen molar-refractivity contribution in [1.29, 1.82) is 0 Å². The molecular weight excluding hydrogens is 353 g/mol. The number of esters is 1. The quantitative estimate of drug-likeness (QED) is 0.620. The van der Waals surface area contributed by atoms with Crippen LogP contribution in [0.15, 0.2) is 42.5 Å². The van der Waals surface area contributed by atoms with E-state index in [4.69, 9.17) is 10.5 Å². The molecule has 8 heteroatoms. The molecule has 1 heterocycles. The second-order valence-electron chi connectivity index (χ2n) is 6.05. The Bertz CT molecular complexity index is 883. The summed E-state index contributed by atoms with van der Waals surface area (Å²) in [5, 5.41) is 2.59. The molecule has 3 N–H and O–H groups in total. The molecule has 3 rings (SSSR count). The maximum Gasteiger partial charge on any atom is 0.340 e. The Morgan fingerprint density at radius 2 is 1.93 bits per heavy atom. The first-order valence-electron chi connectivity index (χ1n) is 8.36. The molecule has 27 heavy (non-hydrogen) atoms. The maximum atomic E-state index is 13.0. The van der Waals surface area contributed by atoms with Crippen molar-refractivity contribution in [2.75, 3.05) is 29.1 Å². The fraction of sp³-hybridized carbons (Fsp3) is 0.211. The average Bonchev–Trinajstić information content (AvgIpc) is 3.06. The van der Waals surface area contributed by atoms with E-state index in [1.165, 1.54) is 6.07 Å². The number of halogens is 1. The highest BCUT2D eigenvalue weighted by Gasteiger charge is 2.21. The van der Waals surface area contributed by atoms with Crippen molar-refractivity contribution in [3.05, 3.63) is 53.8 Å². The molecule has 0 saturated carbocycles. The monoisotopic (exact) mass is 371 g/mol. The first-order chi connectivity index (χ1) is 12.9. The molecule has 0 atom stereocenters. The fourth-order valence-corrected chi connectivity index (χ4v) is 2.77. The van der Waals surface area contributed by atoms with Gasteiger partial charge in [-0.15, -0.1) is 0 Å². The van der Waals surface area contributed by atoms with Crippen molar-refractivity contribution in [3.8, 4) is 0 Å². The lowest BCUT2D eigenvalue weighted by atomic mass is 10.2. The summed E-state index contributed by atoms with van der Waals surface area (Å²) in [6, 6.07) is 10.1. The second kappa shape index (κ2) is 7.86. The third kappa shape index (κ3) is 4.41. The molecule has 0 bridgehead atoms. The third-order valence-corrected chi connectivity index (χ3v) is 4.10. The minimum absolute atomic E-state index is 0.0103. The number of nitrogens with one attached hydrogen (secondary N) is 1. The Balaban J connectivity index is 1.53. The Hall–Kier alpha value is -3.42. The third-order valence-electron chi connectivity index (χ3n) is 4.10. The van der Waals surface area contributed by atoms with Crippen molar-refractivity contribution >= 4 is 34.8 Å². The first kappa shape index (κ1) is 18.4. The summed E-state index contributed by atoms with van der Waals surface area (Å²) in [4.78, 5) is 37.3. The summed E-state index contributed by atoms with van der Waals surface area (Å²) < 4.78 is 17.9. The standard InChI is InChI=1S/C19H18FN3O4/c20-12-3-8-15(16(21)10-12)19(26)27-11-17(24)22-13-4-6-14(7-5-13)23-9-1-2-18(23)25/h3-8,10H,1-2,9,11,21H2,(H,22,24). The van der Waals surface area contributed by atoms with Crippen molar-refractivity contribution < 1.29 is 23.5 Å². The predicted molar refractivity (Wildman–Crippen MR) is 97.8 cm³/mol. The number of ether oxygens (including phenoxy) is 1. The van der Waals surface area contributed by atoms with Gasteiger partial charge in [-0.1, -0.05) is 0 Å². The van der Waals surface area contributed by atoms with E-state index in [9.17, 15) is 18.8 Å². The molecule has 0 spiro atoms. The van der Waals surface area contributed by atoms with Crippen molar-refractivity contribution in [2.24, 2.45) is 0 Å². The number of rotatable bonds is 5. The highest BCUT2D eigenvalue weighted by atomic mass is 19.1. The predicted octanol–water partition coefficient (Wildman–Crippen LogP) is 2.33. The van der Waals surface area contributed by atoms with Gasteiger partial charge in [0, 0.05) is 30.0 Å². The smallest absolute Gasteiger partial charge is 0.340 e. The summed E-state index contributed by atoms with van der Waals surface area (Å²) in [6.45, 7) is 0.176. The Labute approximate surface area is 154 Å². The van der Waals surface area contributed by atoms with Gasteiger partial charge >= 0.3 is 5.97 Å². The zero-order valence-corrected chi connectivity index (χ0v) is 14.4. The van der Waals surface area contributed by atoms with Crippen LogP contribution in [0.3, 0.4) is 0 Å². The van der Waals surface area contributed by atoms with Crippen LogP contribution in [0, 0.1) is 5.82 Å². The molecule has 0 radical (unpaired) electrons. The summed E-state index contributed by atoms with van der Waals surface area (Å²) in [5.74, 6) is -1.83. The molecule has 0 aliphatic carbocycles. The zero-order chi connectivity index (χ0) is 19.4. The summed E-state index contributed by atoms with van der Waals surface area (Å²) in [6.07, 6.45) is 1.38. The summed E-state index contributed by atoms with van der Waals surface area (Å²) in [5.41, 5.74) is 6.76. The molecular formula is C19H18FN3O4. The van der Waals surface area contributed by atoms with Crippen LogP contribution in [-0.2, 0) is 14.3 Å². The van der Waals surface area contributed by atoms with E-state index >= 15 is 0 Å². The number of nitrogens with two attached hydrogens (primary N) is 1. The van der Waals surface area contributed by atoms with E-state index in [2.05, 4.69) is 5.32 Å². The average molecular weight is 371 g/mol. The van der Waals surface area contributed by atoms with Gasteiger partial charge in [0.25, 0.3) is 5.91 Å². The van der Waals surface area contributed by atoms with Crippen LogP contribution in [0.1, 0.15) is 23.2 Å². The van der Waals surface area contributed by atoms with E-state index in [-0.39, 0.29) is 17.2 Å². The van der Waals surface area contributed by atoms with Crippen molar-refractivity contribution in [2.45, 2.75) is 12.8 Å². The molecule has 0 unspecified atom stereocenters. The number of amides is 2. The molecule has 2 aromatic rings. The van der Waals surface area contributed by atoms with Gasteiger partial charge in [0.05, 0.1) is 5.56 Å². The van der Waals surface area contributed by atoms with Crippen molar-refractivity contribution in [3.63, 3.8) is 0 Å². The van der Waals surface area contributed by atoms with Crippen LogP contribution in [0.2, 0.25) is 0 Å². The number of hydrogen-bond acceptors (Lipinski definition) is 5. The highest BCUT2D eigenvalue weighted by molar-refractivity contribution is 5.98. The van der Waals surface area contributed by atoms with E-state index in [1.54, 1.807) is 29.2 Å². The zero-order valence-electron chi connectivity index (χ0n) is 14.4. The molecule has 2 aromatic carbocycles. The molecule has 140 valence electrons. The molecule has 1 aliphatic heterocycles. The molecule has 1 aliphatic rings. The van der Waals surface area contributed by atoms with Crippen LogP contribution < -0.4 is 16.0 Å². The molecule has 7 nitrogen and oxygen atoms in total. The van der Waals surface area contributed by atoms with Crippen LogP contribution in [0.4, 0.5) is 21.5 Å². The van der Waals surface area contributed by atoms with E-state index < -0.39 is 24.3 Å². The summed E-state index contributed by atoms with van der Waals surface area (Å²) >= 11 is 0. The topological polar surface area (TPSA) is 102 Å². The van der Waals surface area contributed by atoms with Gasteiger partial charge in [-0.25, -0.2) is 9.18 Å². The van der Waals surface area contributed by atoms with Crippen LogP contribution in [0.25, 0.3) is 0 Å². The fourth-order valence-electron chi connectivity index (χ4n) is 2.77. The molecule has 0 aromatic heterocycles. The molecule has 2 amide bonds. The SMILES string of the molecule is Nc1cc(F)ccc1C(=O)OCC(=O)Nc1ccc(N2CCCC2=O)cc1. The van der Waals surface area contributed by atoms with Crippen LogP contribution in [-0.4, -0.2) is 30.9 Å². The van der Waals surface area contributed by atoms with Gasteiger partial charge in [-0.2, -0.15) is 0 Å².